The first kappa shape index (κ1) is 16.2. The lowest BCUT2D eigenvalue weighted by Crippen LogP contribution is -2.54. The summed E-state index contributed by atoms with van der Waals surface area (Å²) in [7, 11) is 0. The molecule has 1 aliphatic rings. The molecule has 0 aliphatic carbocycles. The van der Waals surface area contributed by atoms with E-state index in [-0.39, 0.29) is 0 Å². The van der Waals surface area contributed by atoms with Gasteiger partial charge in [-0.2, -0.15) is 0 Å². The fraction of sp³-hybridized carbons (Fsp3) is 0.429. The molecule has 0 saturated carbocycles. The minimum absolute atomic E-state index is 0.431. The first-order chi connectivity index (χ1) is 11.3. The maximum Gasteiger partial charge on any atom is 0.0450 e. The van der Waals surface area contributed by atoms with E-state index in [2.05, 4.69) is 84.7 Å². The number of nitrogens with one attached hydrogen (secondary N) is 1. The van der Waals surface area contributed by atoms with E-state index in [9.17, 15) is 0 Å². The highest BCUT2D eigenvalue weighted by Crippen LogP contribution is 2.26. The van der Waals surface area contributed by atoms with Crippen LogP contribution >= 0.6 is 0 Å². The Morgan fingerprint density at radius 2 is 1.70 bits per heavy atom. The summed E-state index contributed by atoms with van der Waals surface area (Å²) < 4.78 is 0. The summed E-state index contributed by atoms with van der Waals surface area (Å²) in [5, 5.41) is 3.77. The van der Waals surface area contributed by atoms with Crippen LogP contribution in [0.15, 0.2) is 60.7 Å². The van der Waals surface area contributed by atoms with Crippen LogP contribution in [0.3, 0.4) is 0 Å². The molecule has 1 heterocycles. The minimum atomic E-state index is 0.431. The van der Waals surface area contributed by atoms with Crippen LogP contribution in [-0.4, -0.2) is 24.0 Å². The molecule has 2 heteroatoms. The van der Waals surface area contributed by atoms with E-state index in [4.69, 9.17) is 0 Å². The van der Waals surface area contributed by atoms with Gasteiger partial charge in [0.05, 0.1) is 0 Å². The summed E-state index contributed by atoms with van der Waals surface area (Å²) in [6.45, 7) is 7.87. The highest BCUT2D eigenvalue weighted by Gasteiger charge is 2.31. The van der Waals surface area contributed by atoms with E-state index in [1.165, 1.54) is 17.5 Å². The summed E-state index contributed by atoms with van der Waals surface area (Å²) in [4.78, 5) is 2.68. The second-order valence-electron chi connectivity index (χ2n) is 6.74. The van der Waals surface area contributed by atoms with Gasteiger partial charge in [0.25, 0.3) is 0 Å². The maximum absolute atomic E-state index is 3.77. The van der Waals surface area contributed by atoms with E-state index < -0.39 is 0 Å². The predicted molar refractivity (Wildman–Crippen MR) is 97.3 cm³/mol. The molecule has 1 N–H and O–H groups in total. The molecule has 1 aliphatic heterocycles. The molecule has 3 rings (SSSR count). The minimum Gasteiger partial charge on any atom is -0.307 e. The van der Waals surface area contributed by atoms with Crippen LogP contribution < -0.4 is 5.32 Å². The molecular weight excluding hydrogens is 280 g/mol. The number of benzene rings is 2. The quantitative estimate of drug-likeness (QED) is 0.888. The van der Waals surface area contributed by atoms with Gasteiger partial charge in [0.2, 0.25) is 0 Å². The van der Waals surface area contributed by atoms with Gasteiger partial charge < -0.3 is 5.32 Å². The zero-order valence-electron chi connectivity index (χ0n) is 14.3. The van der Waals surface area contributed by atoms with Crippen LogP contribution in [0.25, 0.3) is 0 Å². The maximum atomic E-state index is 3.77. The Kier molecular flexibility index (Phi) is 5.47. The van der Waals surface area contributed by atoms with Gasteiger partial charge >= 0.3 is 0 Å². The molecule has 3 unspecified atom stereocenters. The molecule has 0 aromatic heterocycles. The summed E-state index contributed by atoms with van der Waals surface area (Å²) in [6, 6.07) is 22.8. The molecule has 0 amide bonds. The largest absolute Gasteiger partial charge is 0.307 e. The summed E-state index contributed by atoms with van der Waals surface area (Å²) in [6.07, 6.45) is 1.23. The van der Waals surface area contributed by atoms with Crippen molar-refractivity contribution in [1.82, 2.24) is 10.2 Å². The van der Waals surface area contributed by atoms with Crippen molar-refractivity contribution >= 4 is 0 Å². The van der Waals surface area contributed by atoms with E-state index in [0.717, 1.165) is 19.6 Å². The zero-order chi connectivity index (χ0) is 16.1. The third-order valence-corrected chi connectivity index (χ3v) is 5.19. The van der Waals surface area contributed by atoms with E-state index in [0.29, 0.717) is 18.0 Å². The Labute approximate surface area is 140 Å². The SMILES string of the molecule is CCC(C)C1CNC(c2ccccc2)CN1Cc1ccccc1. The lowest BCUT2D eigenvalue weighted by Gasteiger charge is -2.43. The van der Waals surface area contributed by atoms with Crippen molar-refractivity contribution in [1.29, 1.82) is 0 Å². The van der Waals surface area contributed by atoms with Gasteiger partial charge in [0.1, 0.15) is 0 Å². The standard InChI is InChI=1S/C21H28N2/c1-3-17(2)21-14-22-20(19-12-8-5-9-13-19)16-23(21)15-18-10-6-4-7-11-18/h4-13,17,20-22H,3,14-16H2,1-2H3. The number of hydrogen-bond donors (Lipinski definition) is 1. The molecule has 0 radical (unpaired) electrons. The van der Waals surface area contributed by atoms with Gasteiger partial charge in [0.15, 0.2) is 0 Å². The molecule has 122 valence electrons. The number of nitrogens with zero attached hydrogens (tertiary/aromatic N) is 1. The number of rotatable bonds is 5. The Hall–Kier alpha value is -1.64. The molecule has 2 nitrogen and oxygen atoms in total. The molecular formula is C21H28N2. The highest BCUT2D eigenvalue weighted by molar-refractivity contribution is 5.21. The molecule has 0 bridgehead atoms. The van der Waals surface area contributed by atoms with E-state index in [1.54, 1.807) is 0 Å². The van der Waals surface area contributed by atoms with Crippen molar-refractivity contribution in [3.8, 4) is 0 Å². The van der Waals surface area contributed by atoms with Crippen molar-refractivity contribution in [2.45, 2.75) is 38.9 Å². The third-order valence-electron chi connectivity index (χ3n) is 5.19. The second kappa shape index (κ2) is 7.76. The van der Waals surface area contributed by atoms with Crippen molar-refractivity contribution in [2.75, 3.05) is 13.1 Å². The van der Waals surface area contributed by atoms with Gasteiger partial charge in [-0.1, -0.05) is 80.9 Å². The summed E-state index contributed by atoms with van der Waals surface area (Å²) in [5.74, 6) is 0.711. The van der Waals surface area contributed by atoms with Crippen molar-refractivity contribution in [3.63, 3.8) is 0 Å². The number of hydrogen-bond acceptors (Lipinski definition) is 2. The van der Waals surface area contributed by atoms with E-state index in [1.807, 2.05) is 0 Å². The lowest BCUT2D eigenvalue weighted by atomic mass is 9.92. The molecule has 23 heavy (non-hydrogen) atoms. The van der Waals surface area contributed by atoms with Crippen molar-refractivity contribution in [3.05, 3.63) is 71.8 Å². The van der Waals surface area contributed by atoms with Crippen LogP contribution in [-0.2, 0) is 6.54 Å². The average molecular weight is 308 g/mol. The van der Waals surface area contributed by atoms with Gasteiger partial charge in [-0.25, -0.2) is 0 Å². The third kappa shape index (κ3) is 4.01. The van der Waals surface area contributed by atoms with Gasteiger partial charge in [-0.15, -0.1) is 0 Å². The van der Waals surface area contributed by atoms with Crippen LogP contribution in [0.1, 0.15) is 37.4 Å². The molecule has 1 saturated heterocycles. The van der Waals surface area contributed by atoms with Crippen LogP contribution in [0.2, 0.25) is 0 Å². The zero-order valence-corrected chi connectivity index (χ0v) is 14.3. The smallest absolute Gasteiger partial charge is 0.0450 e. The molecule has 1 fully saturated rings. The lowest BCUT2D eigenvalue weighted by molar-refractivity contribution is 0.0842. The Bertz CT molecular complexity index is 581. The predicted octanol–water partition coefficient (Wildman–Crippen LogP) is 4.25. The monoisotopic (exact) mass is 308 g/mol. The second-order valence-corrected chi connectivity index (χ2v) is 6.74. The van der Waals surface area contributed by atoms with Crippen molar-refractivity contribution in [2.24, 2.45) is 5.92 Å². The van der Waals surface area contributed by atoms with Gasteiger partial charge in [-0.05, 0) is 17.0 Å². The fourth-order valence-electron chi connectivity index (χ4n) is 3.57. The van der Waals surface area contributed by atoms with Gasteiger partial charge in [0, 0.05) is 31.7 Å². The van der Waals surface area contributed by atoms with Crippen LogP contribution in [0, 0.1) is 5.92 Å². The van der Waals surface area contributed by atoms with Crippen LogP contribution in [0.5, 0.6) is 0 Å². The topological polar surface area (TPSA) is 15.3 Å². The average Bonchev–Trinajstić information content (AvgIpc) is 2.62. The number of piperazine rings is 1. The summed E-state index contributed by atoms with van der Waals surface area (Å²) >= 11 is 0. The molecule has 2 aromatic carbocycles. The van der Waals surface area contributed by atoms with Crippen LogP contribution in [0.4, 0.5) is 0 Å². The first-order valence-electron chi connectivity index (χ1n) is 8.84. The van der Waals surface area contributed by atoms with Gasteiger partial charge in [-0.3, -0.25) is 4.90 Å². The molecule has 2 aromatic rings. The van der Waals surface area contributed by atoms with E-state index >= 15 is 0 Å². The Balaban J connectivity index is 1.77. The molecule has 0 spiro atoms. The molecule has 3 atom stereocenters. The first-order valence-corrected chi connectivity index (χ1v) is 8.84. The Morgan fingerprint density at radius 1 is 1.04 bits per heavy atom. The normalized spacial score (nSPS) is 23.6. The highest BCUT2D eigenvalue weighted by atomic mass is 15.2. The summed E-state index contributed by atoms with van der Waals surface area (Å²) in [5.41, 5.74) is 2.81. The van der Waals surface area contributed by atoms with Crippen molar-refractivity contribution < 1.29 is 0 Å². The fourth-order valence-corrected chi connectivity index (χ4v) is 3.57. The Morgan fingerprint density at radius 3 is 2.35 bits per heavy atom.